The molecule has 0 unspecified atom stereocenters. The van der Waals surface area contributed by atoms with Gasteiger partial charge in [0.05, 0.1) is 27.6 Å². The molecule has 1 aromatic carbocycles. The van der Waals surface area contributed by atoms with Crippen LogP contribution < -0.4 is 4.72 Å². The summed E-state index contributed by atoms with van der Waals surface area (Å²) >= 11 is 0. The second-order valence-electron chi connectivity index (χ2n) is 8.00. The largest absolute Gasteiger partial charge is 0.434 e. The lowest BCUT2D eigenvalue weighted by molar-refractivity contribution is -0.141. The molecule has 1 aliphatic rings. The van der Waals surface area contributed by atoms with E-state index in [0.29, 0.717) is 18.2 Å². The van der Waals surface area contributed by atoms with Gasteiger partial charge in [-0.3, -0.25) is 4.79 Å². The highest BCUT2D eigenvalue weighted by Crippen LogP contribution is 2.36. The Morgan fingerprint density at radius 1 is 1.11 bits per heavy atom. The molecule has 1 aromatic heterocycles. The number of hydrogen-bond acceptors (Lipinski definition) is 5. The molecule has 0 bridgehead atoms. The van der Waals surface area contributed by atoms with Gasteiger partial charge in [-0.2, -0.15) is 31.6 Å². The van der Waals surface area contributed by atoms with Crippen molar-refractivity contribution in [2.75, 3.05) is 19.6 Å². The number of likely N-dealkylation sites (tertiary alicyclic amines) is 1. The molecule has 2 heterocycles. The number of piperidine rings is 1. The number of benzene rings is 1. The number of sulfonamides is 1. The van der Waals surface area contributed by atoms with Crippen molar-refractivity contribution in [2.24, 2.45) is 0 Å². The number of amides is 1. The van der Waals surface area contributed by atoms with E-state index in [2.05, 4.69) is 9.71 Å². The molecule has 0 atom stereocenters. The van der Waals surface area contributed by atoms with Gasteiger partial charge < -0.3 is 4.90 Å². The molecule has 0 radical (unpaired) electrons. The Morgan fingerprint density at radius 2 is 1.69 bits per heavy atom. The zero-order valence-electron chi connectivity index (χ0n) is 18.7. The van der Waals surface area contributed by atoms with Crippen molar-refractivity contribution in [1.29, 1.82) is 5.26 Å². The van der Waals surface area contributed by atoms with Crippen LogP contribution in [-0.2, 0) is 22.4 Å². The van der Waals surface area contributed by atoms with Crippen LogP contribution in [0.2, 0.25) is 0 Å². The number of alkyl halides is 6. The summed E-state index contributed by atoms with van der Waals surface area (Å²) in [6.07, 6.45) is -9.78. The second-order valence-corrected chi connectivity index (χ2v) is 10.0. The molecule has 14 heteroatoms. The van der Waals surface area contributed by atoms with Gasteiger partial charge in [-0.25, -0.2) is 18.1 Å². The Morgan fingerprint density at radius 3 is 2.17 bits per heavy atom. The zero-order valence-corrected chi connectivity index (χ0v) is 19.6. The van der Waals surface area contributed by atoms with Crippen molar-refractivity contribution in [3.63, 3.8) is 0 Å². The molecule has 7 nitrogen and oxygen atoms in total. The van der Waals surface area contributed by atoms with Gasteiger partial charge in [0.2, 0.25) is 10.0 Å². The van der Waals surface area contributed by atoms with Gasteiger partial charge in [0, 0.05) is 25.2 Å². The number of pyridine rings is 1. The average Bonchev–Trinajstić information content (AvgIpc) is 2.81. The molecule has 1 amide bonds. The molecule has 0 saturated carbocycles. The summed E-state index contributed by atoms with van der Waals surface area (Å²) in [6, 6.07) is 5.44. The van der Waals surface area contributed by atoms with Gasteiger partial charge in [0.1, 0.15) is 6.07 Å². The van der Waals surface area contributed by atoms with Crippen LogP contribution in [0.25, 0.3) is 11.3 Å². The van der Waals surface area contributed by atoms with Crippen molar-refractivity contribution in [3.05, 3.63) is 52.7 Å². The van der Waals surface area contributed by atoms with Gasteiger partial charge >= 0.3 is 12.4 Å². The summed E-state index contributed by atoms with van der Waals surface area (Å²) < 4.78 is 107. The third-order valence-electron chi connectivity index (χ3n) is 5.64. The van der Waals surface area contributed by atoms with E-state index in [-0.39, 0.29) is 38.0 Å². The SMILES string of the molecule is CCNS(=O)(=O)C1CCN(C(=O)c2cc(C#N)c(-c3ccc(C(F)(F)F)cc3)nc2C(F)(F)F)CC1. The molecule has 2 aromatic rings. The predicted molar refractivity (Wildman–Crippen MR) is 116 cm³/mol. The summed E-state index contributed by atoms with van der Waals surface area (Å²) in [4.78, 5) is 17.6. The minimum atomic E-state index is -5.12. The Labute approximate surface area is 202 Å². The van der Waals surface area contributed by atoms with E-state index >= 15 is 0 Å². The van der Waals surface area contributed by atoms with Crippen molar-refractivity contribution < 1.29 is 39.6 Å². The second kappa shape index (κ2) is 10.1. The van der Waals surface area contributed by atoms with Crippen molar-refractivity contribution in [2.45, 2.75) is 37.4 Å². The molecule has 0 aliphatic carbocycles. The van der Waals surface area contributed by atoms with E-state index in [1.54, 1.807) is 13.0 Å². The smallest absolute Gasteiger partial charge is 0.338 e. The Kier molecular flexibility index (Phi) is 7.66. The number of carbonyl (C=O) groups excluding carboxylic acids is 1. The van der Waals surface area contributed by atoms with Gasteiger partial charge in [-0.15, -0.1) is 0 Å². The van der Waals surface area contributed by atoms with Gasteiger partial charge in [0.25, 0.3) is 5.91 Å². The number of carbonyl (C=O) groups is 1. The van der Waals surface area contributed by atoms with Crippen LogP contribution in [-0.4, -0.2) is 49.1 Å². The predicted octanol–water partition coefficient (Wildman–Crippen LogP) is 4.20. The standard InChI is InChI=1S/C22H20F6N4O3S/c1-2-30-36(34,35)16-7-9-32(10-8-16)20(33)17-11-14(12-29)18(31-19(17)22(26,27)28)13-3-5-15(6-4-13)21(23,24)25/h3-6,11,16,30H,2,7-10H2,1H3. The lowest BCUT2D eigenvalue weighted by Gasteiger charge is -2.32. The van der Waals surface area contributed by atoms with E-state index in [4.69, 9.17) is 0 Å². The zero-order chi connectivity index (χ0) is 26.9. The fourth-order valence-electron chi connectivity index (χ4n) is 3.87. The third kappa shape index (κ3) is 5.79. The summed E-state index contributed by atoms with van der Waals surface area (Å²) in [6.45, 7) is 1.51. The lowest BCUT2D eigenvalue weighted by Crippen LogP contribution is -2.45. The quantitative estimate of drug-likeness (QED) is 0.580. The number of nitriles is 1. The summed E-state index contributed by atoms with van der Waals surface area (Å²) in [5, 5.41) is 8.69. The van der Waals surface area contributed by atoms with Crippen LogP contribution in [0.5, 0.6) is 0 Å². The molecule has 1 aliphatic heterocycles. The molecule has 1 saturated heterocycles. The maximum absolute atomic E-state index is 13.9. The van der Waals surface area contributed by atoms with E-state index in [0.717, 1.165) is 17.0 Å². The fraction of sp³-hybridized carbons (Fsp3) is 0.409. The number of nitrogens with zero attached hydrogens (tertiary/aromatic N) is 3. The van der Waals surface area contributed by atoms with E-state index in [1.807, 2.05) is 0 Å². The molecule has 194 valence electrons. The number of halogens is 6. The topological polar surface area (TPSA) is 103 Å². The Hall–Kier alpha value is -3.18. The maximum Gasteiger partial charge on any atom is 0.434 e. The highest BCUT2D eigenvalue weighted by molar-refractivity contribution is 7.90. The van der Waals surface area contributed by atoms with Crippen molar-refractivity contribution in [3.8, 4) is 17.3 Å². The first-order valence-electron chi connectivity index (χ1n) is 10.7. The number of aromatic nitrogens is 1. The summed E-state index contributed by atoms with van der Waals surface area (Å²) in [5.74, 6) is -1.08. The normalized spacial score (nSPS) is 15.6. The van der Waals surface area contributed by atoms with Gasteiger partial charge in [-0.05, 0) is 31.0 Å². The molecule has 3 rings (SSSR count). The first-order chi connectivity index (χ1) is 16.7. The highest BCUT2D eigenvalue weighted by atomic mass is 32.2. The average molecular weight is 534 g/mol. The summed E-state index contributed by atoms with van der Waals surface area (Å²) in [7, 11) is -3.63. The minimum Gasteiger partial charge on any atom is -0.338 e. The molecular weight excluding hydrogens is 514 g/mol. The van der Waals surface area contributed by atoms with Crippen LogP contribution in [0, 0.1) is 11.3 Å². The van der Waals surface area contributed by atoms with Crippen LogP contribution in [0.1, 0.15) is 46.9 Å². The van der Waals surface area contributed by atoms with Crippen molar-refractivity contribution in [1.82, 2.24) is 14.6 Å². The van der Waals surface area contributed by atoms with Crippen molar-refractivity contribution >= 4 is 15.9 Å². The number of hydrogen-bond donors (Lipinski definition) is 1. The highest BCUT2D eigenvalue weighted by Gasteiger charge is 2.41. The van der Waals surface area contributed by atoms with Crippen LogP contribution in [0.4, 0.5) is 26.3 Å². The lowest BCUT2D eigenvalue weighted by atomic mass is 10.00. The molecular formula is C22H20F6N4O3S. The van der Waals surface area contributed by atoms with E-state index in [9.17, 15) is 44.8 Å². The fourth-order valence-corrected chi connectivity index (χ4v) is 5.34. The van der Waals surface area contributed by atoms with E-state index < -0.39 is 61.6 Å². The minimum absolute atomic E-state index is 0.00456. The van der Waals surface area contributed by atoms with Crippen LogP contribution >= 0.6 is 0 Å². The Balaban J connectivity index is 1.98. The molecule has 36 heavy (non-hydrogen) atoms. The van der Waals surface area contributed by atoms with Gasteiger partial charge in [-0.1, -0.05) is 19.1 Å². The maximum atomic E-state index is 13.9. The number of rotatable bonds is 5. The molecule has 0 spiro atoms. The monoisotopic (exact) mass is 534 g/mol. The summed E-state index contributed by atoms with van der Waals surface area (Å²) in [5.41, 5.74) is -4.65. The van der Waals surface area contributed by atoms with E-state index in [1.165, 1.54) is 0 Å². The van der Waals surface area contributed by atoms with Gasteiger partial charge in [0.15, 0.2) is 5.69 Å². The third-order valence-corrected chi connectivity index (χ3v) is 7.68. The molecule has 1 fully saturated rings. The number of nitrogens with one attached hydrogen (secondary N) is 1. The van der Waals surface area contributed by atoms with Crippen LogP contribution in [0.3, 0.4) is 0 Å². The molecule has 1 N–H and O–H groups in total. The first-order valence-corrected chi connectivity index (χ1v) is 12.2. The van der Waals surface area contributed by atoms with Crippen LogP contribution in [0.15, 0.2) is 30.3 Å². The Bertz CT molecular complexity index is 1280. The first kappa shape index (κ1) is 27.4.